The number of nitrogens with zero attached hydrogens (tertiary/aromatic N) is 2. The summed E-state index contributed by atoms with van der Waals surface area (Å²) in [5.74, 6) is -0.271. The van der Waals surface area contributed by atoms with Crippen molar-refractivity contribution in [1.82, 2.24) is 8.97 Å². The number of carbonyl (C=O) groups excluding carboxylic acids is 1. The number of hydrogen-bond donors (Lipinski definition) is 1. The monoisotopic (exact) mass is 357 g/mol. The zero-order valence-electron chi connectivity index (χ0n) is 15.0. The summed E-state index contributed by atoms with van der Waals surface area (Å²) < 4.78 is 3.69. The van der Waals surface area contributed by atoms with E-state index in [1.54, 1.807) is 4.40 Å². The molecule has 2 heterocycles. The van der Waals surface area contributed by atoms with Crippen molar-refractivity contribution in [3.05, 3.63) is 81.9 Å². The Bertz CT molecular complexity index is 1270. The lowest BCUT2D eigenvalue weighted by Gasteiger charge is -2.12. The molecule has 134 valence electrons. The number of aryl methyl sites for hydroxylation is 1. The van der Waals surface area contributed by atoms with Gasteiger partial charge >= 0.3 is 0 Å². The van der Waals surface area contributed by atoms with E-state index in [0.29, 0.717) is 11.4 Å². The average Bonchev–Trinajstić information content (AvgIpc) is 3.30. The van der Waals surface area contributed by atoms with Crippen LogP contribution < -0.4 is 10.9 Å². The number of hydrogen-bond acceptors (Lipinski definition) is 2. The van der Waals surface area contributed by atoms with Crippen LogP contribution in [0.15, 0.2) is 59.4 Å². The third kappa shape index (κ3) is 2.24. The van der Waals surface area contributed by atoms with Gasteiger partial charge < -0.3 is 9.88 Å². The number of para-hydroxylation sites is 1. The maximum atomic E-state index is 13.3. The topological polar surface area (TPSA) is 55.5 Å². The highest BCUT2D eigenvalue weighted by Crippen LogP contribution is 2.29. The maximum absolute atomic E-state index is 13.3. The summed E-state index contributed by atoms with van der Waals surface area (Å²) in [7, 11) is 1.99. The summed E-state index contributed by atoms with van der Waals surface area (Å²) in [4.78, 5) is 26.5. The molecule has 0 unspecified atom stereocenters. The molecule has 1 aliphatic carbocycles. The molecule has 0 aliphatic heterocycles. The summed E-state index contributed by atoms with van der Waals surface area (Å²) >= 11 is 0. The van der Waals surface area contributed by atoms with Gasteiger partial charge in [-0.15, -0.1) is 0 Å². The van der Waals surface area contributed by atoms with Gasteiger partial charge in [0, 0.05) is 34.8 Å². The van der Waals surface area contributed by atoms with Gasteiger partial charge in [0.2, 0.25) is 0 Å². The number of amides is 1. The number of anilines is 1. The van der Waals surface area contributed by atoms with Gasteiger partial charge in [-0.05, 0) is 31.4 Å². The summed E-state index contributed by atoms with van der Waals surface area (Å²) in [6, 6.07) is 17.1. The van der Waals surface area contributed by atoms with E-state index in [-0.39, 0.29) is 11.5 Å². The van der Waals surface area contributed by atoms with Crippen molar-refractivity contribution < 1.29 is 4.79 Å². The van der Waals surface area contributed by atoms with Crippen molar-refractivity contribution in [2.45, 2.75) is 19.3 Å². The quantitative estimate of drug-likeness (QED) is 0.597. The van der Waals surface area contributed by atoms with Gasteiger partial charge in [-0.25, -0.2) is 0 Å². The van der Waals surface area contributed by atoms with Gasteiger partial charge in [0.25, 0.3) is 11.5 Å². The van der Waals surface area contributed by atoms with Crippen LogP contribution in [-0.4, -0.2) is 14.9 Å². The summed E-state index contributed by atoms with van der Waals surface area (Å²) in [6.45, 7) is 0. The molecule has 0 saturated heterocycles. The molecule has 1 aliphatic rings. The molecule has 0 spiro atoms. The molecular formula is C22H19N3O2. The minimum Gasteiger partial charge on any atom is -0.333 e. The fourth-order valence-corrected chi connectivity index (χ4v) is 4.29. The van der Waals surface area contributed by atoms with Crippen LogP contribution in [0.4, 0.5) is 5.69 Å². The summed E-state index contributed by atoms with van der Waals surface area (Å²) in [5, 5.41) is 4.65. The molecule has 5 heteroatoms. The molecule has 27 heavy (non-hydrogen) atoms. The predicted molar refractivity (Wildman–Crippen MR) is 107 cm³/mol. The molecule has 2 aromatic heterocycles. The third-order valence-electron chi connectivity index (χ3n) is 5.48. The minimum atomic E-state index is -0.271. The highest BCUT2D eigenvalue weighted by molar-refractivity contribution is 6.15. The highest BCUT2D eigenvalue weighted by atomic mass is 16.2. The van der Waals surface area contributed by atoms with Gasteiger partial charge in [-0.2, -0.15) is 0 Å². The first-order valence-electron chi connectivity index (χ1n) is 9.17. The van der Waals surface area contributed by atoms with Crippen molar-refractivity contribution in [2.75, 3.05) is 5.32 Å². The fourth-order valence-electron chi connectivity index (χ4n) is 4.29. The van der Waals surface area contributed by atoms with Crippen molar-refractivity contribution in [2.24, 2.45) is 7.05 Å². The first-order chi connectivity index (χ1) is 13.2. The van der Waals surface area contributed by atoms with Crippen LogP contribution in [0.2, 0.25) is 0 Å². The largest absolute Gasteiger partial charge is 0.333 e. The van der Waals surface area contributed by atoms with E-state index < -0.39 is 0 Å². The molecule has 5 rings (SSSR count). The van der Waals surface area contributed by atoms with E-state index in [0.717, 1.165) is 46.9 Å². The Kier molecular flexibility index (Phi) is 3.44. The maximum Gasteiger partial charge on any atom is 0.273 e. The number of nitrogens with one attached hydrogen (secondary N) is 1. The molecular weight excluding hydrogens is 338 g/mol. The first kappa shape index (κ1) is 15.9. The number of carbonyl (C=O) groups is 1. The van der Waals surface area contributed by atoms with E-state index in [9.17, 15) is 9.59 Å². The van der Waals surface area contributed by atoms with Crippen LogP contribution in [0.3, 0.4) is 0 Å². The SMILES string of the molecule is Cn1c2c(c(=O)n3c(C(=O)Nc4ccccc4)c4ccccc4c13)CCC2. The molecule has 0 saturated carbocycles. The third-order valence-corrected chi connectivity index (χ3v) is 5.48. The molecule has 1 amide bonds. The lowest BCUT2D eigenvalue weighted by molar-refractivity contribution is 0.102. The van der Waals surface area contributed by atoms with E-state index in [1.807, 2.05) is 61.6 Å². The number of aromatic nitrogens is 2. The second-order valence-electron chi connectivity index (χ2n) is 7.02. The Morgan fingerprint density at radius 2 is 1.67 bits per heavy atom. The number of benzene rings is 2. The summed E-state index contributed by atoms with van der Waals surface area (Å²) in [5.41, 5.74) is 3.75. The molecule has 0 radical (unpaired) electrons. The Hall–Kier alpha value is -3.34. The van der Waals surface area contributed by atoms with Crippen LogP contribution in [0.25, 0.3) is 16.4 Å². The zero-order chi connectivity index (χ0) is 18.5. The fraction of sp³-hybridized carbons (Fsp3) is 0.182. The predicted octanol–water partition coefficient (Wildman–Crippen LogP) is 3.53. The smallest absolute Gasteiger partial charge is 0.273 e. The van der Waals surface area contributed by atoms with Gasteiger partial charge in [0.1, 0.15) is 11.3 Å². The zero-order valence-corrected chi connectivity index (χ0v) is 15.0. The summed E-state index contributed by atoms with van der Waals surface area (Å²) in [6.07, 6.45) is 2.66. The Balaban J connectivity index is 1.84. The van der Waals surface area contributed by atoms with Gasteiger partial charge in [-0.3, -0.25) is 14.0 Å². The lowest BCUT2D eigenvalue weighted by atomic mass is 10.1. The molecule has 0 fully saturated rings. The Morgan fingerprint density at radius 1 is 0.963 bits per heavy atom. The molecule has 2 aromatic carbocycles. The Morgan fingerprint density at radius 3 is 2.44 bits per heavy atom. The highest BCUT2D eigenvalue weighted by Gasteiger charge is 2.26. The molecule has 4 aromatic rings. The Labute approximate surface area is 155 Å². The molecule has 0 atom stereocenters. The average molecular weight is 357 g/mol. The van der Waals surface area contributed by atoms with E-state index >= 15 is 0 Å². The molecule has 0 bridgehead atoms. The van der Waals surface area contributed by atoms with Crippen molar-refractivity contribution in [3.8, 4) is 0 Å². The van der Waals surface area contributed by atoms with Gasteiger partial charge in [0.05, 0.1) is 0 Å². The van der Waals surface area contributed by atoms with E-state index in [2.05, 4.69) is 9.88 Å². The second-order valence-corrected chi connectivity index (χ2v) is 7.02. The van der Waals surface area contributed by atoms with E-state index in [1.165, 1.54) is 0 Å². The number of rotatable bonds is 2. The van der Waals surface area contributed by atoms with Crippen LogP contribution in [0, 0.1) is 0 Å². The van der Waals surface area contributed by atoms with Crippen molar-refractivity contribution in [3.63, 3.8) is 0 Å². The first-order valence-corrected chi connectivity index (χ1v) is 9.17. The minimum absolute atomic E-state index is 0.0648. The standard InChI is InChI=1S/C22H19N3O2/c1-24-18-13-7-12-17(18)22(27)25-19(15-10-5-6-11-16(15)21(24)25)20(26)23-14-8-3-2-4-9-14/h2-6,8-11H,7,12-13H2,1H3,(H,23,26). The van der Waals surface area contributed by atoms with E-state index in [4.69, 9.17) is 0 Å². The molecule has 1 N–H and O–H groups in total. The van der Waals surface area contributed by atoms with Crippen molar-refractivity contribution in [1.29, 1.82) is 0 Å². The molecule has 5 nitrogen and oxygen atoms in total. The lowest BCUT2D eigenvalue weighted by Crippen LogP contribution is -2.27. The second kappa shape index (κ2) is 5.84. The van der Waals surface area contributed by atoms with Crippen LogP contribution in [0.5, 0.6) is 0 Å². The van der Waals surface area contributed by atoms with Crippen LogP contribution in [-0.2, 0) is 19.9 Å². The van der Waals surface area contributed by atoms with Crippen LogP contribution >= 0.6 is 0 Å². The number of fused-ring (bicyclic) bond motifs is 4. The van der Waals surface area contributed by atoms with Crippen LogP contribution in [0.1, 0.15) is 28.2 Å². The normalized spacial score (nSPS) is 13.2. The van der Waals surface area contributed by atoms with Crippen molar-refractivity contribution >= 4 is 28.0 Å². The van der Waals surface area contributed by atoms with Gasteiger partial charge in [0.15, 0.2) is 0 Å². The van der Waals surface area contributed by atoms with Gasteiger partial charge in [-0.1, -0.05) is 42.5 Å².